The van der Waals surface area contributed by atoms with Gasteiger partial charge in [0, 0.05) is 18.3 Å². The molecule has 1 amide bonds. The Morgan fingerprint density at radius 1 is 0.867 bits per heavy atom. The van der Waals surface area contributed by atoms with E-state index in [9.17, 15) is 13.2 Å². The first-order valence-corrected chi connectivity index (χ1v) is 11.7. The second-order valence-corrected chi connectivity index (χ2v) is 9.51. The Hall–Kier alpha value is -2.96. The summed E-state index contributed by atoms with van der Waals surface area (Å²) in [6.45, 7) is 0.172. The van der Waals surface area contributed by atoms with Gasteiger partial charge in [-0.25, -0.2) is 8.42 Å². The molecule has 3 aromatic carbocycles. The van der Waals surface area contributed by atoms with Crippen molar-refractivity contribution in [2.45, 2.75) is 12.5 Å². The third-order valence-electron chi connectivity index (χ3n) is 5.40. The normalized spacial score (nSPS) is 17.8. The van der Waals surface area contributed by atoms with Gasteiger partial charge in [0.05, 0.1) is 12.8 Å². The monoisotopic (exact) mass is 420 g/mol. The Bertz CT molecular complexity index is 1130. The Morgan fingerprint density at radius 2 is 1.50 bits per heavy atom. The maximum Gasteiger partial charge on any atom is 0.242 e. The average Bonchev–Trinajstić information content (AvgIpc) is 2.75. The van der Waals surface area contributed by atoms with Crippen LogP contribution in [0.15, 0.2) is 84.9 Å². The number of rotatable bonds is 5. The molecular weight excluding hydrogens is 396 g/mol. The van der Waals surface area contributed by atoms with Crippen LogP contribution >= 0.6 is 0 Å². The van der Waals surface area contributed by atoms with Gasteiger partial charge in [-0.2, -0.15) is 4.31 Å². The molecule has 1 fully saturated rings. The fraction of sp³-hybridized carbons (Fsp3) is 0.208. The Kier molecular flexibility index (Phi) is 5.70. The molecule has 30 heavy (non-hydrogen) atoms. The van der Waals surface area contributed by atoms with Crippen LogP contribution in [0.1, 0.15) is 5.56 Å². The minimum atomic E-state index is -3.50. The van der Waals surface area contributed by atoms with E-state index in [1.54, 1.807) is 4.90 Å². The number of sulfonamides is 1. The molecule has 0 N–H and O–H groups in total. The zero-order valence-corrected chi connectivity index (χ0v) is 17.6. The van der Waals surface area contributed by atoms with Crippen molar-refractivity contribution < 1.29 is 13.2 Å². The van der Waals surface area contributed by atoms with Crippen molar-refractivity contribution in [1.82, 2.24) is 4.31 Å². The number of anilines is 1. The van der Waals surface area contributed by atoms with Crippen molar-refractivity contribution in [2.24, 2.45) is 0 Å². The molecule has 0 saturated carbocycles. The van der Waals surface area contributed by atoms with Crippen LogP contribution in [-0.4, -0.2) is 44.0 Å². The first kappa shape index (κ1) is 20.3. The lowest BCUT2D eigenvalue weighted by atomic mass is 10.0. The summed E-state index contributed by atoms with van der Waals surface area (Å²) in [5, 5.41) is 0. The number of carbonyl (C=O) groups excluding carboxylic acids is 1. The highest BCUT2D eigenvalue weighted by Crippen LogP contribution is 2.28. The molecular formula is C24H24N2O3S. The highest BCUT2D eigenvalue weighted by molar-refractivity contribution is 7.88. The van der Waals surface area contributed by atoms with Crippen molar-refractivity contribution >= 4 is 21.6 Å². The Labute approximate surface area is 177 Å². The second kappa shape index (κ2) is 8.42. The molecule has 1 aliphatic rings. The minimum absolute atomic E-state index is 0.147. The van der Waals surface area contributed by atoms with Crippen LogP contribution in [0.4, 0.5) is 5.69 Å². The topological polar surface area (TPSA) is 57.7 Å². The number of benzene rings is 3. The van der Waals surface area contributed by atoms with Gasteiger partial charge in [-0.05, 0) is 35.2 Å². The summed E-state index contributed by atoms with van der Waals surface area (Å²) in [4.78, 5) is 14.6. The highest BCUT2D eigenvalue weighted by Gasteiger charge is 2.37. The lowest BCUT2D eigenvalue weighted by Crippen LogP contribution is -2.58. The summed E-state index contributed by atoms with van der Waals surface area (Å²) in [7, 11) is -3.50. The van der Waals surface area contributed by atoms with E-state index in [0.29, 0.717) is 13.0 Å². The number of carbonyl (C=O) groups is 1. The molecule has 0 unspecified atom stereocenters. The molecule has 1 atom stereocenters. The quantitative estimate of drug-likeness (QED) is 0.634. The average molecular weight is 421 g/mol. The van der Waals surface area contributed by atoms with Gasteiger partial charge in [0.25, 0.3) is 0 Å². The van der Waals surface area contributed by atoms with E-state index in [2.05, 4.69) is 0 Å². The number of piperazine rings is 1. The first-order chi connectivity index (χ1) is 14.4. The van der Waals surface area contributed by atoms with Crippen molar-refractivity contribution in [1.29, 1.82) is 0 Å². The SMILES string of the molecule is CS(=O)(=O)N1CC(=O)N(c2cccc(-c3ccccc3)c2)C[C@H]1Cc1ccccc1. The summed E-state index contributed by atoms with van der Waals surface area (Å²) in [5.74, 6) is -0.213. The van der Waals surface area contributed by atoms with E-state index in [4.69, 9.17) is 0 Å². The molecule has 0 spiro atoms. The summed E-state index contributed by atoms with van der Waals surface area (Å²) in [6.07, 6.45) is 1.72. The molecule has 0 bridgehead atoms. The molecule has 1 aliphatic heterocycles. The van der Waals surface area contributed by atoms with E-state index in [0.717, 1.165) is 22.4 Å². The summed E-state index contributed by atoms with van der Waals surface area (Å²) < 4.78 is 26.1. The van der Waals surface area contributed by atoms with Gasteiger partial charge in [0.1, 0.15) is 0 Å². The van der Waals surface area contributed by atoms with Crippen molar-refractivity contribution in [3.8, 4) is 11.1 Å². The first-order valence-electron chi connectivity index (χ1n) is 9.88. The fourth-order valence-electron chi connectivity index (χ4n) is 3.93. The maximum atomic E-state index is 12.9. The summed E-state index contributed by atoms with van der Waals surface area (Å²) >= 11 is 0. The zero-order valence-electron chi connectivity index (χ0n) is 16.8. The lowest BCUT2D eigenvalue weighted by Gasteiger charge is -2.39. The van der Waals surface area contributed by atoms with Crippen LogP contribution in [0.2, 0.25) is 0 Å². The van der Waals surface area contributed by atoms with E-state index >= 15 is 0 Å². The molecule has 4 rings (SSSR count). The smallest absolute Gasteiger partial charge is 0.242 e. The second-order valence-electron chi connectivity index (χ2n) is 7.57. The standard InChI is InChI=1S/C24H24N2O3S/c1-30(28,29)26-18-24(27)25(17-23(26)15-19-9-4-2-5-10-19)22-14-8-13-21(16-22)20-11-6-3-7-12-20/h2-14,16,23H,15,17-18H2,1H3/t23-/m1/s1. The van der Waals surface area contributed by atoms with Crippen LogP contribution < -0.4 is 4.90 Å². The Morgan fingerprint density at radius 3 is 2.17 bits per heavy atom. The van der Waals surface area contributed by atoms with E-state index in [1.807, 2.05) is 84.9 Å². The van der Waals surface area contributed by atoms with Gasteiger partial charge >= 0.3 is 0 Å². The van der Waals surface area contributed by atoms with Crippen LogP contribution in [0.5, 0.6) is 0 Å². The summed E-state index contributed by atoms with van der Waals surface area (Å²) in [6, 6.07) is 27.3. The van der Waals surface area contributed by atoms with E-state index in [-0.39, 0.29) is 18.5 Å². The predicted octanol–water partition coefficient (Wildman–Crippen LogP) is 3.57. The van der Waals surface area contributed by atoms with Crippen molar-refractivity contribution in [3.63, 3.8) is 0 Å². The van der Waals surface area contributed by atoms with E-state index < -0.39 is 10.0 Å². The summed E-state index contributed by atoms with van der Waals surface area (Å²) in [5.41, 5.74) is 3.92. The fourth-order valence-corrected chi connectivity index (χ4v) is 4.95. The molecule has 6 heteroatoms. The van der Waals surface area contributed by atoms with Crippen LogP contribution in [0.25, 0.3) is 11.1 Å². The van der Waals surface area contributed by atoms with Gasteiger partial charge < -0.3 is 4.90 Å². The molecule has 0 radical (unpaired) electrons. The largest absolute Gasteiger partial charge is 0.310 e. The highest BCUT2D eigenvalue weighted by atomic mass is 32.2. The predicted molar refractivity (Wildman–Crippen MR) is 120 cm³/mol. The number of hydrogen-bond acceptors (Lipinski definition) is 3. The van der Waals surface area contributed by atoms with Crippen LogP contribution in [-0.2, 0) is 21.2 Å². The third-order valence-corrected chi connectivity index (χ3v) is 6.68. The molecule has 5 nitrogen and oxygen atoms in total. The molecule has 3 aromatic rings. The van der Waals surface area contributed by atoms with Crippen LogP contribution in [0, 0.1) is 0 Å². The molecule has 0 aliphatic carbocycles. The molecule has 1 heterocycles. The van der Waals surface area contributed by atoms with Crippen molar-refractivity contribution in [2.75, 3.05) is 24.2 Å². The number of hydrogen-bond donors (Lipinski definition) is 0. The Balaban J connectivity index is 1.65. The van der Waals surface area contributed by atoms with Crippen LogP contribution in [0.3, 0.4) is 0 Å². The van der Waals surface area contributed by atoms with E-state index in [1.165, 1.54) is 10.6 Å². The lowest BCUT2D eigenvalue weighted by molar-refractivity contribution is -0.120. The van der Waals surface area contributed by atoms with Crippen molar-refractivity contribution in [3.05, 3.63) is 90.5 Å². The number of amides is 1. The molecule has 154 valence electrons. The molecule has 1 saturated heterocycles. The third kappa shape index (κ3) is 4.45. The van der Waals surface area contributed by atoms with Gasteiger partial charge in [-0.15, -0.1) is 0 Å². The molecule has 0 aromatic heterocycles. The number of nitrogens with zero attached hydrogens (tertiary/aromatic N) is 2. The van der Waals surface area contributed by atoms with Gasteiger partial charge in [0.15, 0.2) is 0 Å². The minimum Gasteiger partial charge on any atom is -0.310 e. The van der Waals surface area contributed by atoms with Gasteiger partial charge in [-0.3, -0.25) is 4.79 Å². The van der Waals surface area contributed by atoms with Gasteiger partial charge in [-0.1, -0.05) is 72.8 Å². The zero-order chi connectivity index (χ0) is 21.1. The maximum absolute atomic E-state index is 12.9. The van der Waals surface area contributed by atoms with Gasteiger partial charge in [0.2, 0.25) is 15.9 Å².